The second-order valence-corrected chi connectivity index (χ2v) is 6.94. The Morgan fingerprint density at radius 3 is 2.71 bits per heavy atom. The topological polar surface area (TPSA) is 59.6 Å². The van der Waals surface area contributed by atoms with Gasteiger partial charge in [-0.1, -0.05) is 6.92 Å². The summed E-state index contributed by atoms with van der Waals surface area (Å²) in [5, 5.41) is 6.50. The molecule has 1 aromatic rings. The molecule has 132 valence electrons. The average molecular weight is 332 g/mol. The lowest BCUT2D eigenvalue weighted by atomic mass is 9.95. The van der Waals surface area contributed by atoms with Crippen LogP contribution in [0.2, 0.25) is 0 Å². The Labute approximate surface area is 144 Å². The third-order valence-corrected chi connectivity index (χ3v) is 5.12. The van der Waals surface area contributed by atoms with Crippen molar-refractivity contribution in [3.63, 3.8) is 0 Å². The van der Waals surface area contributed by atoms with Crippen molar-refractivity contribution >= 4 is 5.91 Å². The Morgan fingerprint density at radius 1 is 1.21 bits per heavy atom. The highest BCUT2D eigenvalue weighted by Crippen LogP contribution is 2.32. The molecule has 3 rings (SSSR count). The normalized spacial score (nSPS) is 24.6. The van der Waals surface area contributed by atoms with Gasteiger partial charge in [0.05, 0.1) is 13.2 Å². The third kappa shape index (κ3) is 4.01. The van der Waals surface area contributed by atoms with Crippen molar-refractivity contribution < 1.29 is 14.3 Å². The number of hydrogen-bond donors (Lipinski definition) is 2. The van der Waals surface area contributed by atoms with Gasteiger partial charge in [-0.2, -0.15) is 0 Å². The Kier molecular flexibility index (Phi) is 5.61. The number of methoxy groups -OCH3 is 1. The van der Waals surface area contributed by atoms with Gasteiger partial charge in [0.25, 0.3) is 5.91 Å². The average Bonchev–Trinajstić information content (AvgIpc) is 3.10. The molecule has 2 aliphatic rings. The SMILES string of the molecule is COc1cc(C(=O)NC2CCNCC2C)ccc1OC1CCCC1. The van der Waals surface area contributed by atoms with Gasteiger partial charge in [0.2, 0.25) is 0 Å². The summed E-state index contributed by atoms with van der Waals surface area (Å²) in [4.78, 5) is 12.6. The van der Waals surface area contributed by atoms with Gasteiger partial charge in [0.1, 0.15) is 0 Å². The first-order chi connectivity index (χ1) is 11.7. The summed E-state index contributed by atoms with van der Waals surface area (Å²) in [6.45, 7) is 4.06. The van der Waals surface area contributed by atoms with E-state index < -0.39 is 0 Å². The molecule has 2 unspecified atom stereocenters. The van der Waals surface area contributed by atoms with Crippen LogP contribution in [0.1, 0.15) is 49.4 Å². The highest BCUT2D eigenvalue weighted by Gasteiger charge is 2.24. The molecule has 1 aliphatic carbocycles. The van der Waals surface area contributed by atoms with Crippen LogP contribution in [0.4, 0.5) is 0 Å². The second-order valence-electron chi connectivity index (χ2n) is 6.94. The zero-order chi connectivity index (χ0) is 16.9. The van der Waals surface area contributed by atoms with E-state index >= 15 is 0 Å². The minimum absolute atomic E-state index is 0.0422. The number of benzene rings is 1. The summed E-state index contributed by atoms with van der Waals surface area (Å²) in [5.74, 6) is 1.76. The van der Waals surface area contributed by atoms with Crippen LogP contribution in [-0.2, 0) is 0 Å². The lowest BCUT2D eigenvalue weighted by Crippen LogP contribution is -2.48. The van der Waals surface area contributed by atoms with Crippen molar-refractivity contribution in [3.05, 3.63) is 23.8 Å². The molecule has 1 aromatic carbocycles. The highest BCUT2D eigenvalue weighted by atomic mass is 16.5. The van der Waals surface area contributed by atoms with E-state index in [-0.39, 0.29) is 18.1 Å². The standard InChI is InChI=1S/C19H28N2O3/c1-13-12-20-10-9-16(13)21-19(22)14-7-8-17(18(11-14)23-2)24-15-5-3-4-6-15/h7-8,11,13,15-16,20H,3-6,9-10,12H2,1-2H3,(H,21,22). The number of amides is 1. The lowest BCUT2D eigenvalue weighted by molar-refractivity contribution is 0.0913. The van der Waals surface area contributed by atoms with Crippen molar-refractivity contribution in [2.45, 2.75) is 51.2 Å². The van der Waals surface area contributed by atoms with Crippen LogP contribution in [0.5, 0.6) is 11.5 Å². The molecule has 0 radical (unpaired) electrons. The minimum atomic E-state index is -0.0422. The van der Waals surface area contributed by atoms with Crippen molar-refractivity contribution in [3.8, 4) is 11.5 Å². The Bertz CT molecular complexity index is 570. The molecular formula is C19H28N2O3. The molecule has 5 heteroatoms. The summed E-state index contributed by atoms with van der Waals surface area (Å²) in [6.07, 6.45) is 5.88. The monoisotopic (exact) mass is 332 g/mol. The fourth-order valence-electron chi connectivity index (χ4n) is 3.57. The Morgan fingerprint density at radius 2 is 2.00 bits per heavy atom. The minimum Gasteiger partial charge on any atom is -0.493 e. The number of hydrogen-bond acceptors (Lipinski definition) is 4. The summed E-state index contributed by atoms with van der Waals surface area (Å²) >= 11 is 0. The predicted octanol–water partition coefficient (Wildman–Crippen LogP) is 2.74. The molecule has 0 aromatic heterocycles. The van der Waals surface area contributed by atoms with Gasteiger partial charge in [-0.15, -0.1) is 0 Å². The molecule has 0 spiro atoms. The molecule has 2 N–H and O–H groups in total. The van der Waals surface area contributed by atoms with Crippen molar-refractivity contribution in [2.24, 2.45) is 5.92 Å². The van der Waals surface area contributed by atoms with Gasteiger partial charge in [-0.3, -0.25) is 4.79 Å². The molecule has 24 heavy (non-hydrogen) atoms. The lowest BCUT2D eigenvalue weighted by Gasteiger charge is -2.30. The molecule has 1 aliphatic heterocycles. The van der Waals surface area contributed by atoms with Gasteiger partial charge >= 0.3 is 0 Å². The molecule has 1 saturated carbocycles. The van der Waals surface area contributed by atoms with Crippen molar-refractivity contribution in [1.82, 2.24) is 10.6 Å². The van der Waals surface area contributed by atoms with E-state index in [2.05, 4.69) is 17.6 Å². The number of nitrogens with one attached hydrogen (secondary N) is 2. The Balaban J connectivity index is 1.67. The van der Waals surface area contributed by atoms with E-state index in [4.69, 9.17) is 9.47 Å². The highest BCUT2D eigenvalue weighted by molar-refractivity contribution is 5.95. The molecule has 2 fully saturated rings. The first kappa shape index (κ1) is 17.1. The Hall–Kier alpha value is -1.75. The van der Waals surface area contributed by atoms with Crippen LogP contribution in [0.15, 0.2) is 18.2 Å². The number of piperidine rings is 1. The van der Waals surface area contributed by atoms with Gasteiger partial charge in [-0.05, 0) is 69.3 Å². The fraction of sp³-hybridized carbons (Fsp3) is 0.632. The number of carbonyl (C=O) groups is 1. The second kappa shape index (κ2) is 7.88. The van der Waals surface area contributed by atoms with E-state index in [1.165, 1.54) is 12.8 Å². The zero-order valence-electron chi connectivity index (χ0n) is 14.6. The molecule has 1 saturated heterocycles. The largest absolute Gasteiger partial charge is 0.493 e. The van der Waals surface area contributed by atoms with E-state index in [9.17, 15) is 4.79 Å². The maximum absolute atomic E-state index is 12.6. The third-order valence-electron chi connectivity index (χ3n) is 5.12. The molecule has 0 bridgehead atoms. The van der Waals surface area contributed by atoms with Crippen LogP contribution >= 0.6 is 0 Å². The van der Waals surface area contributed by atoms with E-state index in [0.29, 0.717) is 17.2 Å². The fourth-order valence-corrected chi connectivity index (χ4v) is 3.57. The van der Waals surface area contributed by atoms with Crippen LogP contribution in [0, 0.1) is 5.92 Å². The van der Waals surface area contributed by atoms with E-state index in [0.717, 1.165) is 38.1 Å². The van der Waals surface area contributed by atoms with Crippen LogP contribution in [0.25, 0.3) is 0 Å². The van der Waals surface area contributed by atoms with Gasteiger partial charge in [0, 0.05) is 11.6 Å². The summed E-state index contributed by atoms with van der Waals surface area (Å²) in [7, 11) is 1.62. The van der Waals surface area contributed by atoms with E-state index in [1.807, 2.05) is 12.1 Å². The number of carbonyl (C=O) groups excluding carboxylic acids is 1. The molecule has 1 heterocycles. The van der Waals surface area contributed by atoms with Crippen LogP contribution in [0.3, 0.4) is 0 Å². The molecule has 1 amide bonds. The number of rotatable bonds is 5. The zero-order valence-corrected chi connectivity index (χ0v) is 14.6. The van der Waals surface area contributed by atoms with Crippen molar-refractivity contribution in [1.29, 1.82) is 0 Å². The van der Waals surface area contributed by atoms with Crippen molar-refractivity contribution in [2.75, 3.05) is 20.2 Å². The van der Waals surface area contributed by atoms with Gasteiger partial charge in [-0.25, -0.2) is 0 Å². The predicted molar refractivity (Wildman–Crippen MR) is 93.8 cm³/mol. The first-order valence-electron chi connectivity index (χ1n) is 9.03. The number of ether oxygens (including phenoxy) is 2. The maximum atomic E-state index is 12.6. The molecular weight excluding hydrogens is 304 g/mol. The van der Waals surface area contributed by atoms with Gasteiger partial charge in [0.15, 0.2) is 11.5 Å². The maximum Gasteiger partial charge on any atom is 0.251 e. The smallest absolute Gasteiger partial charge is 0.251 e. The van der Waals surface area contributed by atoms with E-state index in [1.54, 1.807) is 13.2 Å². The summed E-state index contributed by atoms with van der Waals surface area (Å²) in [5.41, 5.74) is 0.622. The summed E-state index contributed by atoms with van der Waals surface area (Å²) in [6, 6.07) is 5.69. The molecule has 5 nitrogen and oxygen atoms in total. The van der Waals surface area contributed by atoms with Gasteiger partial charge < -0.3 is 20.1 Å². The first-order valence-corrected chi connectivity index (χ1v) is 9.03. The summed E-state index contributed by atoms with van der Waals surface area (Å²) < 4.78 is 11.5. The van der Waals surface area contributed by atoms with Crippen LogP contribution < -0.4 is 20.1 Å². The quantitative estimate of drug-likeness (QED) is 0.870. The van der Waals surface area contributed by atoms with Crippen LogP contribution in [-0.4, -0.2) is 38.3 Å². The molecule has 2 atom stereocenters.